The number of rotatable bonds is 3. The van der Waals surface area contributed by atoms with Crippen molar-refractivity contribution >= 4 is 38.2 Å². The zero-order valence-corrected chi connectivity index (χ0v) is 16.8. The molecule has 1 aliphatic carbocycles. The average Bonchev–Trinajstić information content (AvgIpc) is 2.89. The smallest absolute Gasteiger partial charge is 0.260 e. The van der Waals surface area contributed by atoms with Crippen molar-refractivity contribution in [2.75, 3.05) is 12.4 Å². The van der Waals surface area contributed by atoms with E-state index in [1.165, 1.54) is 16.2 Å². The lowest BCUT2D eigenvalue weighted by Gasteiger charge is -2.17. The number of hydrogen-bond donors (Lipinski definition) is 1. The molecule has 1 N–H and O–H groups in total. The third kappa shape index (κ3) is 3.44. The second kappa shape index (κ2) is 7.19. The molecule has 0 aliphatic heterocycles. The third-order valence-corrected chi connectivity index (χ3v) is 6.17. The average molecular weight is 419 g/mol. The standard InChI is InChI=1S/C19H19BrN2O2S/c1-10-4-5-13-15(9-21)19(25-16(13)6-10)22-18(23)14-8-12(20)7-11(2)17(14)24-3/h7-8,10H,4-6H2,1-3H3,(H,22,23). The largest absolute Gasteiger partial charge is 0.496 e. The van der Waals surface area contributed by atoms with Crippen molar-refractivity contribution in [3.63, 3.8) is 0 Å². The van der Waals surface area contributed by atoms with Crippen LogP contribution in [0.5, 0.6) is 5.75 Å². The summed E-state index contributed by atoms with van der Waals surface area (Å²) in [6.45, 7) is 4.12. The molecule has 0 radical (unpaired) electrons. The number of nitrogens with one attached hydrogen (secondary N) is 1. The van der Waals surface area contributed by atoms with Gasteiger partial charge in [-0.2, -0.15) is 5.26 Å². The number of methoxy groups -OCH3 is 1. The van der Waals surface area contributed by atoms with Gasteiger partial charge in [-0.05, 0) is 55.4 Å². The van der Waals surface area contributed by atoms with Crippen LogP contribution >= 0.6 is 27.3 Å². The van der Waals surface area contributed by atoms with Crippen LogP contribution in [-0.2, 0) is 12.8 Å². The summed E-state index contributed by atoms with van der Waals surface area (Å²) in [6, 6.07) is 5.93. The summed E-state index contributed by atoms with van der Waals surface area (Å²) in [5, 5.41) is 13.2. The van der Waals surface area contributed by atoms with Gasteiger partial charge >= 0.3 is 0 Å². The molecule has 0 saturated heterocycles. The molecule has 3 rings (SSSR count). The van der Waals surface area contributed by atoms with Crippen LogP contribution < -0.4 is 10.1 Å². The predicted octanol–water partition coefficient (Wildman–Crippen LogP) is 5.08. The van der Waals surface area contributed by atoms with E-state index in [-0.39, 0.29) is 5.91 Å². The van der Waals surface area contributed by atoms with Gasteiger partial charge in [0, 0.05) is 9.35 Å². The predicted molar refractivity (Wildman–Crippen MR) is 104 cm³/mol. The number of anilines is 1. The fourth-order valence-electron chi connectivity index (χ4n) is 3.30. The van der Waals surface area contributed by atoms with E-state index in [0.29, 0.717) is 27.8 Å². The summed E-state index contributed by atoms with van der Waals surface area (Å²) in [7, 11) is 1.55. The molecule has 1 aromatic carbocycles. The molecule has 1 aromatic heterocycles. The number of hydrogen-bond acceptors (Lipinski definition) is 4. The van der Waals surface area contributed by atoms with Gasteiger partial charge in [-0.15, -0.1) is 11.3 Å². The first-order chi connectivity index (χ1) is 11.9. The van der Waals surface area contributed by atoms with Crippen LogP contribution in [0.15, 0.2) is 16.6 Å². The maximum absolute atomic E-state index is 12.8. The maximum atomic E-state index is 12.8. The number of fused-ring (bicyclic) bond motifs is 1. The molecule has 0 spiro atoms. The molecule has 0 saturated carbocycles. The Balaban J connectivity index is 1.96. The summed E-state index contributed by atoms with van der Waals surface area (Å²) in [5.74, 6) is 0.910. The van der Waals surface area contributed by atoms with E-state index < -0.39 is 0 Å². The van der Waals surface area contributed by atoms with Crippen LogP contribution in [0.2, 0.25) is 0 Å². The van der Waals surface area contributed by atoms with Gasteiger partial charge in [-0.25, -0.2) is 0 Å². The fraction of sp³-hybridized carbons (Fsp3) is 0.368. The van der Waals surface area contributed by atoms with E-state index in [0.717, 1.165) is 34.9 Å². The van der Waals surface area contributed by atoms with E-state index in [1.807, 2.05) is 13.0 Å². The molecule has 1 aliphatic rings. The SMILES string of the molecule is COc1c(C)cc(Br)cc1C(=O)Nc1sc2c(c1C#N)CCC(C)C2. The Labute approximate surface area is 159 Å². The van der Waals surface area contributed by atoms with Gasteiger partial charge in [-0.1, -0.05) is 22.9 Å². The van der Waals surface area contributed by atoms with E-state index in [9.17, 15) is 10.1 Å². The van der Waals surface area contributed by atoms with Crippen molar-refractivity contribution in [3.05, 3.63) is 43.7 Å². The molecule has 2 aromatic rings. The quantitative estimate of drug-likeness (QED) is 0.755. The number of ether oxygens (including phenoxy) is 1. The number of amides is 1. The van der Waals surface area contributed by atoms with Gasteiger partial charge in [0.05, 0.1) is 18.2 Å². The minimum absolute atomic E-state index is 0.260. The first kappa shape index (κ1) is 18.0. The van der Waals surface area contributed by atoms with Crippen LogP contribution in [0.1, 0.15) is 45.3 Å². The van der Waals surface area contributed by atoms with Gasteiger partial charge in [0.15, 0.2) is 0 Å². The van der Waals surface area contributed by atoms with Gasteiger partial charge in [-0.3, -0.25) is 4.79 Å². The highest BCUT2D eigenvalue weighted by Gasteiger charge is 2.25. The van der Waals surface area contributed by atoms with E-state index >= 15 is 0 Å². The molecular formula is C19H19BrN2O2S. The molecule has 1 unspecified atom stereocenters. The van der Waals surface area contributed by atoms with Crippen molar-refractivity contribution in [2.24, 2.45) is 5.92 Å². The Morgan fingerprint density at radius 3 is 2.92 bits per heavy atom. The zero-order chi connectivity index (χ0) is 18.1. The van der Waals surface area contributed by atoms with E-state index in [1.54, 1.807) is 13.2 Å². The summed E-state index contributed by atoms with van der Waals surface area (Å²) < 4.78 is 6.21. The van der Waals surface area contributed by atoms with Gasteiger partial charge in [0.25, 0.3) is 5.91 Å². The Bertz CT molecular complexity index is 883. The molecular weight excluding hydrogens is 400 g/mol. The molecule has 0 fully saturated rings. The molecule has 4 nitrogen and oxygen atoms in total. The summed E-state index contributed by atoms with van der Waals surface area (Å²) in [4.78, 5) is 14.1. The topological polar surface area (TPSA) is 62.1 Å². The first-order valence-corrected chi connectivity index (χ1v) is 9.75. The number of nitrogens with zero attached hydrogens (tertiary/aromatic N) is 1. The monoisotopic (exact) mass is 418 g/mol. The van der Waals surface area contributed by atoms with E-state index in [4.69, 9.17) is 4.74 Å². The van der Waals surface area contributed by atoms with Crippen molar-refractivity contribution in [2.45, 2.75) is 33.1 Å². The lowest BCUT2D eigenvalue weighted by atomic mass is 9.88. The molecule has 0 bridgehead atoms. The summed E-state index contributed by atoms with van der Waals surface area (Å²) in [5.41, 5.74) is 3.06. The Kier molecular flexibility index (Phi) is 5.16. The van der Waals surface area contributed by atoms with Gasteiger partial charge in [0.2, 0.25) is 0 Å². The fourth-order valence-corrected chi connectivity index (χ4v) is 5.23. The molecule has 1 atom stereocenters. The minimum atomic E-state index is -0.260. The number of benzene rings is 1. The van der Waals surface area contributed by atoms with Crippen LogP contribution in [0.4, 0.5) is 5.00 Å². The Morgan fingerprint density at radius 2 is 2.24 bits per heavy atom. The second-order valence-corrected chi connectivity index (χ2v) is 8.45. The number of halogens is 1. The zero-order valence-electron chi connectivity index (χ0n) is 14.4. The maximum Gasteiger partial charge on any atom is 0.260 e. The second-order valence-electron chi connectivity index (χ2n) is 6.43. The number of carbonyl (C=O) groups excluding carboxylic acids is 1. The molecule has 130 valence electrons. The van der Waals surface area contributed by atoms with Crippen LogP contribution in [0.25, 0.3) is 0 Å². The molecule has 1 amide bonds. The highest BCUT2D eigenvalue weighted by atomic mass is 79.9. The first-order valence-electron chi connectivity index (χ1n) is 8.14. The number of nitriles is 1. The minimum Gasteiger partial charge on any atom is -0.496 e. The summed E-state index contributed by atoms with van der Waals surface area (Å²) in [6.07, 6.45) is 2.97. The van der Waals surface area contributed by atoms with Crippen molar-refractivity contribution in [3.8, 4) is 11.8 Å². The Morgan fingerprint density at radius 1 is 1.48 bits per heavy atom. The Hall–Kier alpha value is -1.84. The van der Waals surface area contributed by atoms with Gasteiger partial charge in [0.1, 0.15) is 16.8 Å². The van der Waals surface area contributed by atoms with Crippen LogP contribution in [-0.4, -0.2) is 13.0 Å². The highest BCUT2D eigenvalue weighted by molar-refractivity contribution is 9.10. The van der Waals surface area contributed by atoms with E-state index in [2.05, 4.69) is 34.2 Å². The van der Waals surface area contributed by atoms with Crippen molar-refractivity contribution < 1.29 is 9.53 Å². The van der Waals surface area contributed by atoms with Crippen LogP contribution in [0.3, 0.4) is 0 Å². The lowest BCUT2D eigenvalue weighted by Crippen LogP contribution is -2.14. The number of aryl methyl sites for hydroxylation is 1. The normalized spacial score (nSPS) is 16.0. The van der Waals surface area contributed by atoms with Gasteiger partial charge < -0.3 is 10.1 Å². The number of thiophene rings is 1. The van der Waals surface area contributed by atoms with Crippen molar-refractivity contribution in [1.82, 2.24) is 0 Å². The third-order valence-electron chi connectivity index (χ3n) is 4.54. The molecule has 1 heterocycles. The summed E-state index contributed by atoms with van der Waals surface area (Å²) >= 11 is 4.95. The lowest BCUT2D eigenvalue weighted by molar-refractivity contribution is 0.102. The molecule has 25 heavy (non-hydrogen) atoms. The molecule has 6 heteroatoms. The van der Waals surface area contributed by atoms with Crippen molar-refractivity contribution in [1.29, 1.82) is 5.26 Å². The number of carbonyl (C=O) groups is 1. The highest BCUT2D eigenvalue weighted by Crippen LogP contribution is 2.39. The van der Waals surface area contributed by atoms with Crippen LogP contribution in [0, 0.1) is 24.2 Å².